The highest BCUT2D eigenvalue weighted by Crippen LogP contribution is 2.50. The molecule has 2 aliphatic heterocycles. The average molecular weight is 521 g/mol. The fraction of sp³-hybridized carbons (Fsp3) is 0.304. The van der Waals surface area contributed by atoms with Crippen molar-refractivity contribution in [1.82, 2.24) is 4.90 Å². The van der Waals surface area contributed by atoms with Crippen LogP contribution >= 0.6 is 31.9 Å². The second kappa shape index (κ2) is 8.54. The number of aliphatic hydroxyl groups excluding tert-OH is 1. The summed E-state index contributed by atoms with van der Waals surface area (Å²) in [5.74, 6) is 1.47. The molecule has 1 N–H and O–H groups in total. The Morgan fingerprint density at radius 1 is 1.34 bits per heavy atom. The van der Waals surface area contributed by atoms with Gasteiger partial charge in [0.2, 0.25) is 0 Å². The monoisotopic (exact) mass is 519 g/mol. The molecular formula is C23H23Br2NO3. The first kappa shape index (κ1) is 20.5. The highest BCUT2D eigenvalue weighted by atomic mass is 79.9. The number of methoxy groups -OCH3 is 1. The lowest BCUT2D eigenvalue weighted by Crippen LogP contribution is -2.23. The predicted octanol–water partition coefficient (Wildman–Crippen LogP) is 5.32. The maximum absolute atomic E-state index is 10.2. The van der Waals surface area contributed by atoms with Crippen LogP contribution in [0.2, 0.25) is 0 Å². The van der Waals surface area contributed by atoms with Crippen molar-refractivity contribution in [2.24, 2.45) is 0 Å². The maximum Gasteiger partial charge on any atom is 0.170 e. The van der Waals surface area contributed by atoms with E-state index in [1.807, 2.05) is 6.07 Å². The van der Waals surface area contributed by atoms with E-state index in [2.05, 4.69) is 73.8 Å². The maximum atomic E-state index is 10.2. The van der Waals surface area contributed by atoms with Crippen molar-refractivity contribution < 1.29 is 14.6 Å². The lowest BCUT2D eigenvalue weighted by Gasteiger charge is -2.22. The summed E-state index contributed by atoms with van der Waals surface area (Å²) < 4.78 is 14.0. The molecule has 2 heterocycles. The summed E-state index contributed by atoms with van der Waals surface area (Å²) in [6.45, 7) is 5.41. The number of ether oxygens (including phenoxy) is 2. The topological polar surface area (TPSA) is 41.9 Å². The van der Waals surface area contributed by atoms with E-state index in [4.69, 9.17) is 9.47 Å². The summed E-state index contributed by atoms with van der Waals surface area (Å²) in [6, 6.07) is 10.4. The van der Waals surface area contributed by atoms with Gasteiger partial charge in [0, 0.05) is 45.8 Å². The molecule has 0 radical (unpaired) electrons. The zero-order chi connectivity index (χ0) is 20.5. The van der Waals surface area contributed by atoms with Gasteiger partial charge in [0.05, 0.1) is 13.2 Å². The molecule has 152 valence electrons. The fourth-order valence-electron chi connectivity index (χ4n) is 3.94. The van der Waals surface area contributed by atoms with E-state index < -0.39 is 6.10 Å². The van der Waals surface area contributed by atoms with Crippen LogP contribution in [0.1, 0.15) is 23.1 Å². The van der Waals surface area contributed by atoms with Crippen LogP contribution in [0.5, 0.6) is 11.5 Å². The summed E-state index contributed by atoms with van der Waals surface area (Å²) in [4.78, 5) is 2.32. The first-order valence-corrected chi connectivity index (χ1v) is 11.2. The number of rotatable bonds is 6. The lowest BCUT2D eigenvalue weighted by molar-refractivity contribution is 0.155. The van der Waals surface area contributed by atoms with Crippen LogP contribution in [-0.2, 0) is 13.0 Å². The molecule has 6 heteroatoms. The van der Waals surface area contributed by atoms with Gasteiger partial charge in [0.1, 0.15) is 6.10 Å². The summed E-state index contributed by atoms with van der Waals surface area (Å²) >= 11 is 7.22. The second-order valence-electron chi connectivity index (χ2n) is 7.32. The fourth-order valence-corrected chi connectivity index (χ4v) is 4.81. The van der Waals surface area contributed by atoms with Gasteiger partial charge in [-0.2, -0.15) is 0 Å². The Kier molecular flexibility index (Phi) is 6.04. The normalized spacial score (nSPS) is 18.4. The Morgan fingerprint density at radius 2 is 2.10 bits per heavy atom. The lowest BCUT2D eigenvalue weighted by atomic mass is 9.94. The van der Waals surface area contributed by atoms with E-state index in [0.717, 1.165) is 45.3 Å². The van der Waals surface area contributed by atoms with Gasteiger partial charge in [-0.1, -0.05) is 50.1 Å². The van der Waals surface area contributed by atoms with Gasteiger partial charge in [-0.25, -0.2) is 0 Å². The number of benzene rings is 2. The molecule has 2 aromatic rings. The third kappa shape index (κ3) is 4.11. The second-order valence-corrected chi connectivity index (χ2v) is 9.09. The van der Waals surface area contributed by atoms with Crippen LogP contribution in [0.4, 0.5) is 0 Å². The van der Waals surface area contributed by atoms with E-state index in [-0.39, 0.29) is 6.10 Å². The highest BCUT2D eigenvalue weighted by Gasteiger charge is 2.37. The minimum atomic E-state index is -0.628. The number of aliphatic hydroxyl groups is 1. The predicted molar refractivity (Wildman–Crippen MR) is 122 cm³/mol. The van der Waals surface area contributed by atoms with Gasteiger partial charge in [-0.3, -0.25) is 0 Å². The van der Waals surface area contributed by atoms with E-state index in [1.54, 1.807) is 13.2 Å². The molecule has 0 fully saturated rings. The summed E-state index contributed by atoms with van der Waals surface area (Å²) in [6.07, 6.45) is 4.22. The Hall–Kier alpha value is -1.76. The molecule has 1 unspecified atom stereocenters. The summed E-state index contributed by atoms with van der Waals surface area (Å²) in [7, 11) is 1.65. The van der Waals surface area contributed by atoms with Crippen molar-refractivity contribution in [3.05, 3.63) is 74.8 Å². The zero-order valence-corrected chi connectivity index (χ0v) is 19.4. The number of halogens is 2. The van der Waals surface area contributed by atoms with Gasteiger partial charge < -0.3 is 19.5 Å². The van der Waals surface area contributed by atoms with E-state index in [9.17, 15) is 5.11 Å². The highest BCUT2D eigenvalue weighted by molar-refractivity contribution is 9.10. The summed E-state index contributed by atoms with van der Waals surface area (Å²) in [5, 5.41) is 10.2. The third-order valence-electron chi connectivity index (χ3n) is 5.41. The number of hydrogen-bond donors (Lipinski definition) is 1. The van der Waals surface area contributed by atoms with Crippen molar-refractivity contribution in [2.45, 2.75) is 31.6 Å². The molecule has 0 spiro atoms. The van der Waals surface area contributed by atoms with E-state index >= 15 is 0 Å². The Labute approximate surface area is 188 Å². The molecule has 0 amide bonds. The molecule has 0 bridgehead atoms. The number of nitrogens with zero attached hydrogens (tertiary/aromatic N) is 1. The molecule has 0 aliphatic carbocycles. The van der Waals surface area contributed by atoms with Crippen LogP contribution < -0.4 is 9.47 Å². The van der Waals surface area contributed by atoms with Gasteiger partial charge in [-0.15, -0.1) is 6.58 Å². The molecule has 2 aliphatic rings. The molecular weight excluding hydrogens is 498 g/mol. The average Bonchev–Trinajstić information content (AvgIpc) is 2.93. The van der Waals surface area contributed by atoms with Gasteiger partial charge in [0.25, 0.3) is 0 Å². The molecule has 2 aromatic carbocycles. The van der Waals surface area contributed by atoms with Crippen molar-refractivity contribution in [3.63, 3.8) is 0 Å². The largest absolute Gasteiger partial charge is 0.493 e. The minimum absolute atomic E-state index is 0.245. The third-order valence-corrected chi connectivity index (χ3v) is 6.65. The smallest absolute Gasteiger partial charge is 0.170 e. The SMILES string of the molecule is C=C[C@H](O)CC1Oc2c(OC)cc(Br)c3c2C1=CN(Cc1ccc(Br)cc1)CC3. The van der Waals surface area contributed by atoms with Crippen molar-refractivity contribution in [3.8, 4) is 11.5 Å². The zero-order valence-electron chi connectivity index (χ0n) is 16.2. The molecule has 0 saturated heterocycles. The van der Waals surface area contributed by atoms with Gasteiger partial charge in [-0.05, 0) is 35.7 Å². The Balaban J connectivity index is 1.74. The molecule has 0 aromatic heterocycles. The van der Waals surface area contributed by atoms with Crippen LogP contribution in [0.25, 0.3) is 5.57 Å². The summed E-state index contributed by atoms with van der Waals surface area (Å²) in [5.41, 5.74) is 4.65. The molecule has 4 rings (SSSR count). The first-order valence-electron chi connectivity index (χ1n) is 9.57. The molecule has 2 atom stereocenters. The Morgan fingerprint density at radius 3 is 2.79 bits per heavy atom. The van der Waals surface area contributed by atoms with Crippen LogP contribution in [0.15, 0.2) is 58.1 Å². The van der Waals surface area contributed by atoms with Gasteiger partial charge in [0.15, 0.2) is 11.5 Å². The quantitative estimate of drug-likeness (QED) is 0.523. The van der Waals surface area contributed by atoms with Crippen LogP contribution in [0.3, 0.4) is 0 Å². The minimum Gasteiger partial charge on any atom is -0.493 e. The molecule has 0 saturated carbocycles. The first-order chi connectivity index (χ1) is 14.0. The standard InChI is InChI=1S/C23H23Br2NO3/c1-3-16(27)10-20-18-13-26(12-14-4-6-15(24)7-5-14)9-8-17-19(25)11-21(28-2)23(29-20)22(17)18/h3-7,11,13,16,20,27H,1,8-10,12H2,2H3/t16-,20?/m0/s1. The van der Waals surface area contributed by atoms with Crippen LogP contribution in [-0.4, -0.2) is 35.9 Å². The van der Waals surface area contributed by atoms with Crippen molar-refractivity contribution in [2.75, 3.05) is 13.7 Å². The Bertz CT molecular complexity index is 956. The van der Waals surface area contributed by atoms with E-state index in [1.165, 1.54) is 11.1 Å². The van der Waals surface area contributed by atoms with Crippen molar-refractivity contribution >= 4 is 37.4 Å². The molecule has 29 heavy (non-hydrogen) atoms. The van der Waals surface area contributed by atoms with E-state index in [0.29, 0.717) is 12.2 Å². The van der Waals surface area contributed by atoms with Gasteiger partial charge >= 0.3 is 0 Å². The number of hydrogen-bond acceptors (Lipinski definition) is 4. The van der Waals surface area contributed by atoms with Crippen molar-refractivity contribution in [1.29, 1.82) is 0 Å². The molecule has 4 nitrogen and oxygen atoms in total. The van der Waals surface area contributed by atoms with Crippen LogP contribution in [0, 0.1) is 0 Å².